The van der Waals surface area contributed by atoms with Crippen LogP contribution < -0.4 is 11.1 Å². The molecule has 2 rings (SSSR count). The minimum atomic E-state index is 0.832. The third-order valence-corrected chi connectivity index (χ3v) is 2.35. The predicted octanol–water partition coefficient (Wildman–Crippen LogP) is 5.11. The van der Waals surface area contributed by atoms with Gasteiger partial charge in [0.2, 0.25) is 0 Å². The lowest BCUT2D eigenvalue weighted by Crippen LogP contribution is -2.19. The van der Waals surface area contributed by atoms with Crippen LogP contribution in [-0.2, 0) is 0 Å². The molecule has 3 N–H and O–H groups in total. The van der Waals surface area contributed by atoms with E-state index in [0.717, 1.165) is 25.2 Å². The van der Waals surface area contributed by atoms with E-state index in [1.165, 1.54) is 17.6 Å². The van der Waals surface area contributed by atoms with E-state index in [9.17, 15) is 0 Å². The molecule has 0 aromatic heterocycles. The van der Waals surface area contributed by atoms with Gasteiger partial charge in [-0.05, 0) is 36.2 Å². The number of hydrogen-bond acceptors (Lipinski definition) is 2. The van der Waals surface area contributed by atoms with Crippen LogP contribution in [0.3, 0.4) is 0 Å². The summed E-state index contributed by atoms with van der Waals surface area (Å²) in [4.78, 5) is 0. The molecule has 0 atom stereocenters. The van der Waals surface area contributed by atoms with Crippen LogP contribution in [0.1, 0.15) is 59.9 Å². The van der Waals surface area contributed by atoms with E-state index in [1.807, 2.05) is 39.8 Å². The molecular formula is C18H34N2. The standard InChI is InChI=1S/C11H14N2.C3H8.2C2H6/c12-11-3-1-9(2-4-11)10-5-7-13-8-6-10;1-3-2;2*1-2/h1-5,13H,6-8,12H2;3H2,1-2H3;2*1-2H3. The quantitative estimate of drug-likeness (QED) is 0.700. The maximum atomic E-state index is 5.62. The molecule has 0 aliphatic carbocycles. The van der Waals surface area contributed by atoms with Gasteiger partial charge in [0.05, 0.1) is 0 Å². The van der Waals surface area contributed by atoms with Gasteiger partial charge in [-0.15, -0.1) is 0 Å². The number of nitrogen functional groups attached to an aromatic ring is 1. The van der Waals surface area contributed by atoms with Gasteiger partial charge >= 0.3 is 0 Å². The zero-order valence-corrected chi connectivity index (χ0v) is 14.3. The highest BCUT2D eigenvalue weighted by molar-refractivity contribution is 5.67. The number of benzene rings is 1. The van der Waals surface area contributed by atoms with E-state index in [4.69, 9.17) is 5.73 Å². The monoisotopic (exact) mass is 278 g/mol. The van der Waals surface area contributed by atoms with Crippen LogP contribution in [0, 0.1) is 0 Å². The van der Waals surface area contributed by atoms with Crippen LogP contribution in [0.5, 0.6) is 0 Å². The van der Waals surface area contributed by atoms with Crippen molar-refractivity contribution in [3.63, 3.8) is 0 Å². The summed E-state index contributed by atoms with van der Waals surface area (Å²) in [6, 6.07) is 8.09. The van der Waals surface area contributed by atoms with Crippen molar-refractivity contribution in [3.8, 4) is 0 Å². The number of anilines is 1. The van der Waals surface area contributed by atoms with E-state index in [2.05, 4.69) is 37.4 Å². The van der Waals surface area contributed by atoms with Gasteiger partial charge in [-0.3, -0.25) is 0 Å². The van der Waals surface area contributed by atoms with Crippen LogP contribution in [0.15, 0.2) is 30.3 Å². The minimum Gasteiger partial charge on any atom is -0.399 e. The highest BCUT2D eigenvalue weighted by Gasteiger charge is 2.04. The van der Waals surface area contributed by atoms with Gasteiger partial charge in [0.1, 0.15) is 0 Å². The Balaban J connectivity index is 0. The Hall–Kier alpha value is -1.28. The highest BCUT2D eigenvalue weighted by Crippen LogP contribution is 2.20. The molecule has 2 heteroatoms. The van der Waals surface area contributed by atoms with Gasteiger partial charge < -0.3 is 11.1 Å². The first-order chi connectivity index (χ1) is 9.77. The van der Waals surface area contributed by atoms with Gasteiger partial charge in [-0.25, -0.2) is 0 Å². The summed E-state index contributed by atoms with van der Waals surface area (Å²) in [7, 11) is 0. The Morgan fingerprint density at radius 1 is 1.00 bits per heavy atom. The summed E-state index contributed by atoms with van der Waals surface area (Å²) in [5, 5.41) is 3.29. The first-order valence-corrected chi connectivity index (χ1v) is 8.03. The lowest BCUT2D eigenvalue weighted by Gasteiger charge is -2.14. The summed E-state index contributed by atoms with van der Waals surface area (Å²) in [5.74, 6) is 0. The highest BCUT2D eigenvalue weighted by atomic mass is 14.8. The smallest absolute Gasteiger partial charge is 0.0314 e. The van der Waals surface area contributed by atoms with Gasteiger partial charge in [-0.2, -0.15) is 0 Å². The Bertz CT molecular complexity index is 326. The zero-order chi connectivity index (χ0) is 15.8. The summed E-state index contributed by atoms with van der Waals surface area (Å²) >= 11 is 0. The molecular weight excluding hydrogens is 244 g/mol. The van der Waals surface area contributed by atoms with E-state index < -0.39 is 0 Å². The number of nitrogens with one attached hydrogen (secondary N) is 1. The topological polar surface area (TPSA) is 38.0 Å². The first kappa shape index (κ1) is 21.0. The zero-order valence-electron chi connectivity index (χ0n) is 14.3. The fraction of sp³-hybridized carbons (Fsp3) is 0.556. The average molecular weight is 278 g/mol. The van der Waals surface area contributed by atoms with Gasteiger partial charge in [0.25, 0.3) is 0 Å². The van der Waals surface area contributed by atoms with Gasteiger partial charge in [0.15, 0.2) is 0 Å². The van der Waals surface area contributed by atoms with E-state index in [-0.39, 0.29) is 0 Å². The molecule has 2 nitrogen and oxygen atoms in total. The van der Waals surface area contributed by atoms with Crippen molar-refractivity contribution >= 4 is 11.3 Å². The third-order valence-electron chi connectivity index (χ3n) is 2.35. The fourth-order valence-corrected chi connectivity index (χ4v) is 1.58. The molecule has 20 heavy (non-hydrogen) atoms. The molecule has 0 fully saturated rings. The SMILES string of the molecule is CC.CC.CCC.Nc1ccc(C2=CCNCC2)cc1. The Labute approximate surface area is 126 Å². The molecule has 0 spiro atoms. The second kappa shape index (κ2) is 15.8. The molecule has 0 saturated carbocycles. The van der Waals surface area contributed by atoms with E-state index in [1.54, 1.807) is 0 Å². The first-order valence-electron chi connectivity index (χ1n) is 8.03. The number of rotatable bonds is 1. The van der Waals surface area contributed by atoms with Gasteiger partial charge in [0, 0.05) is 12.2 Å². The van der Waals surface area contributed by atoms with Crippen molar-refractivity contribution in [2.24, 2.45) is 0 Å². The van der Waals surface area contributed by atoms with Crippen molar-refractivity contribution in [1.82, 2.24) is 5.32 Å². The second-order valence-corrected chi connectivity index (χ2v) is 4.01. The molecule has 0 amide bonds. The van der Waals surface area contributed by atoms with Crippen LogP contribution in [-0.4, -0.2) is 13.1 Å². The Kier molecular flexibility index (Phi) is 16.6. The van der Waals surface area contributed by atoms with Crippen molar-refractivity contribution in [3.05, 3.63) is 35.9 Å². The van der Waals surface area contributed by atoms with Crippen LogP contribution >= 0.6 is 0 Å². The molecule has 0 saturated heterocycles. The van der Waals surface area contributed by atoms with Crippen LogP contribution in [0.2, 0.25) is 0 Å². The summed E-state index contributed by atoms with van der Waals surface area (Å²) in [6.45, 7) is 14.3. The molecule has 0 radical (unpaired) electrons. The van der Waals surface area contributed by atoms with Crippen molar-refractivity contribution in [2.45, 2.75) is 54.4 Å². The van der Waals surface area contributed by atoms with Crippen molar-refractivity contribution in [2.75, 3.05) is 18.8 Å². The van der Waals surface area contributed by atoms with Crippen molar-refractivity contribution < 1.29 is 0 Å². The normalized spacial score (nSPS) is 12.4. The molecule has 1 heterocycles. The predicted molar refractivity (Wildman–Crippen MR) is 95.0 cm³/mol. The molecule has 1 aromatic rings. The lowest BCUT2D eigenvalue weighted by atomic mass is 10.0. The molecule has 116 valence electrons. The minimum absolute atomic E-state index is 0.832. The Morgan fingerprint density at radius 2 is 1.50 bits per heavy atom. The molecule has 0 bridgehead atoms. The largest absolute Gasteiger partial charge is 0.399 e. The van der Waals surface area contributed by atoms with Crippen molar-refractivity contribution in [1.29, 1.82) is 0 Å². The fourth-order valence-electron chi connectivity index (χ4n) is 1.58. The van der Waals surface area contributed by atoms with Crippen LogP contribution in [0.25, 0.3) is 5.57 Å². The Morgan fingerprint density at radius 3 is 1.90 bits per heavy atom. The lowest BCUT2D eigenvalue weighted by molar-refractivity contribution is 0.738. The number of hydrogen-bond donors (Lipinski definition) is 2. The van der Waals surface area contributed by atoms with E-state index in [0.29, 0.717) is 0 Å². The average Bonchev–Trinajstić information content (AvgIpc) is 2.54. The molecule has 1 aliphatic rings. The molecule has 0 unspecified atom stereocenters. The maximum absolute atomic E-state index is 5.62. The number of nitrogens with two attached hydrogens (primary N) is 1. The molecule has 1 aliphatic heterocycles. The van der Waals surface area contributed by atoms with E-state index >= 15 is 0 Å². The summed E-state index contributed by atoms with van der Waals surface area (Å²) in [5.41, 5.74) is 9.19. The maximum Gasteiger partial charge on any atom is 0.0314 e. The van der Waals surface area contributed by atoms with Gasteiger partial charge in [-0.1, -0.05) is 66.2 Å². The second-order valence-electron chi connectivity index (χ2n) is 4.01. The van der Waals surface area contributed by atoms with Crippen LogP contribution in [0.4, 0.5) is 5.69 Å². The summed E-state index contributed by atoms with van der Waals surface area (Å²) in [6.07, 6.45) is 4.61. The third kappa shape index (κ3) is 9.62. The molecule has 1 aromatic carbocycles. The summed E-state index contributed by atoms with van der Waals surface area (Å²) < 4.78 is 0.